The van der Waals surface area contributed by atoms with Crippen molar-refractivity contribution in [3.63, 3.8) is 0 Å². The summed E-state index contributed by atoms with van der Waals surface area (Å²) in [6.45, 7) is 13.3. The smallest absolute Gasteiger partial charge is 0.158 e. The van der Waals surface area contributed by atoms with Crippen LogP contribution in [0.1, 0.15) is 44.4 Å². The minimum atomic E-state index is 0.0845. The lowest BCUT2D eigenvalue weighted by atomic mass is 9.75. The van der Waals surface area contributed by atoms with Crippen LogP contribution >= 0.6 is 0 Å². The number of fused-ring (bicyclic) bond motifs is 1. The molecule has 2 aromatic heterocycles. The van der Waals surface area contributed by atoms with Crippen molar-refractivity contribution in [1.82, 2.24) is 19.9 Å². The van der Waals surface area contributed by atoms with Gasteiger partial charge in [-0.2, -0.15) is 5.10 Å². The van der Waals surface area contributed by atoms with Crippen molar-refractivity contribution >= 4 is 11.3 Å². The molecule has 4 nitrogen and oxygen atoms in total. The largest absolute Gasteiger partial charge is 0.376 e. The van der Waals surface area contributed by atoms with Crippen molar-refractivity contribution in [3.05, 3.63) is 34.8 Å². The normalized spacial score (nSPS) is 17.6. The van der Waals surface area contributed by atoms with Crippen molar-refractivity contribution in [3.8, 4) is 0 Å². The van der Waals surface area contributed by atoms with Crippen LogP contribution in [0.5, 0.6) is 0 Å². The van der Waals surface area contributed by atoms with Gasteiger partial charge in [0.1, 0.15) is 6.33 Å². The van der Waals surface area contributed by atoms with Gasteiger partial charge in [0, 0.05) is 17.5 Å². The standard InChI is InChI=1S/C16H22N4/c1-9(2)13-14(19-16(13,5)6)12-7-20-15(17-8-18-20)11(4)10(12)3/h7-9,19H,1-6H3. The van der Waals surface area contributed by atoms with Crippen molar-refractivity contribution in [2.45, 2.75) is 47.1 Å². The molecule has 3 rings (SSSR count). The molecule has 4 heteroatoms. The van der Waals surface area contributed by atoms with Gasteiger partial charge in [-0.05, 0) is 50.3 Å². The molecule has 0 aliphatic carbocycles. The van der Waals surface area contributed by atoms with E-state index in [9.17, 15) is 0 Å². The summed E-state index contributed by atoms with van der Waals surface area (Å²) < 4.78 is 1.87. The van der Waals surface area contributed by atoms with Crippen molar-refractivity contribution in [2.75, 3.05) is 0 Å². The molecule has 1 aliphatic rings. The molecule has 0 atom stereocenters. The van der Waals surface area contributed by atoms with Gasteiger partial charge in [-0.15, -0.1) is 0 Å². The average Bonchev–Trinajstić information content (AvgIpc) is 2.78. The van der Waals surface area contributed by atoms with Crippen molar-refractivity contribution in [2.24, 2.45) is 5.92 Å². The first-order chi connectivity index (χ1) is 9.33. The Hall–Kier alpha value is -1.84. The van der Waals surface area contributed by atoms with E-state index in [0.29, 0.717) is 5.92 Å². The van der Waals surface area contributed by atoms with Crippen LogP contribution in [-0.4, -0.2) is 20.1 Å². The van der Waals surface area contributed by atoms with Gasteiger partial charge in [0.25, 0.3) is 0 Å². The van der Waals surface area contributed by atoms with Gasteiger partial charge < -0.3 is 5.32 Å². The van der Waals surface area contributed by atoms with Gasteiger partial charge in [0.2, 0.25) is 0 Å². The summed E-state index contributed by atoms with van der Waals surface area (Å²) in [5.74, 6) is 0.535. The number of hydrogen-bond donors (Lipinski definition) is 1. The SMILES string of the molecule is Cc1c(C2=C(C(C)C)C(C)(C)N2)cn2ncnc2c1C. The maximum Gasteiger partial charge on any atom is 0.158 e. The monoisotopic (exact) mass is 270 g/mol. The van der Waals surface area contributed by atoms with Gasteiger partial charge in [-0.1, -0.05) is 13.8 Å². The number of nitrogens with zero attached hydrogens (tertiary/aromatic N) is 3. The van der Waals surface area contributed by atoms with Crippen molar-refractivity contribution < 1.29 is 0 Å². The highest BCUT2D eigenvalue weighted by Gasteiger charge is 2.38. The lowest BCUT2D eigenvalue weighted by Crippen LogP contribution is -2.52. The molecule has 0 amide bonds. The molecule has 0 saturated carbocycles. The summed E-state index contributed by atoms with van der Waals surface area (Å²) in [4.78, 5) is 4.32. The first-order valence-corrected chi connectivity index (χ1v) is 7.15. The van der Waals surface area contributed by atoms with Gasteiger partial charge in [0.15, 0.2) is 5.65 Å². The Kier molecular flexibility index (Phi) is 2.68. The topological polar surface area (TPSA) is 42.2 Å². The highest BCUT2D eigenvalue weighted by atomic mass is 15.3. The van der Waals surface area contributed by atoms with E-state index < -0.39 is 0 Å². The second kappa shape index (κ2) is 4.08. The van der Waals surface area contributed by atoms with Gasteiger partial charge >= 0.3 is 0 Å². The van der Waals surface area contributed by atoms with E-state index >= 15 is 0 Å². The summed E-state index contributed by atoms with van der Waals surface area (Å²) in [5, 5.41) is 7.89. The molecular formula is C16H22N4. The summed E-state index contributed by atoms with van der Waals surface area (Å²) in [5.41, 5.74) is 7.49. The molecule has 20 heavy (non-hydrogen) atoms. The van der Waals surface area contributed by atoms with Gasteiger partial charge in [-0.3, -0.25) is 0 Å². The zero-order valence-electron chi connectivity index (χ0n) is 13.1. The zero-order chi connectivity index (χ0) is 14.7. The average molecular weight is 270 g/mol. The maximum atomic E-state index is 4.32. The molecular weight excluding hydrogens is 248 g/mol. The lowest BCUT2D eigenvalue weighted by Gasteiger charge is -2.45. The molecule has 0 radical (unpaired) electrons. The minimum absolute atomic E-state index is 0.0845. The summed E-state index contributed by atoms with van der Waals surface area (Å²) in [6.07, 6.45) is 3.70. The molecule has 0 bridgehead atoms. The molecule has 0 unspecified atom stereocenters. The zero-order valence-corrected chi connectivity index (χ0v) is 13.1. The summed E-state index contributed by atoms with van der Waals surface area (Å²) in [6, 6.07) is 0. The van der Waals surface area contributed by atoms with Crippen LogP contribution in [0.3, 0.4) is 0 Å². The Morgan fingerprint density at radius 1 is 1.20 bits per heavy atom. The fourth-order valence-corrected chi connectivity index (χ4v) is 3.37. The summed E-state index contributed by atoms with van der Waals surface area (Å²) in [7, 11) is 0. The Morgan fingerprint density at radius 2 is 1.90 bits per heavy atom. The molecule has 2 aromatic rings. The van der Waals surface area contributed by atoms with Crippen LogP contribution in [-0.2, 0) is 0 Å². The van der Waals surface area contributed by atoms with Crippen LogP contribution in [0.15, 0.2) is 18.1 Å². The number of aryl methyl sites for hydroxylation is 1. The Labute approximate surface area is 119 Å². The Bertz CT molecular complexity index is 719. The van der Waals surface area contributed by atoms with Crippen LogP contribution in [0.4, 0.5) is 0 Å². The fourth-order valence-electron chi connectivity index (χ4n) is 3.37. The van der Waals surface area contributed by atoms with E-state index in [4.69, 9.17) is 0 Å². The van der Waals surface area contributed by atoms with E-state index in [2.05, 4.69) is 63.1 Å². The molecule has 0 aromatic carbocycles. The number of aromatic nitrogens is 3. The highest BCUT2D eigenvalue weighted by molar-refractivity contribution is 5.79. The second-order valence-electron chi connectivity index (χ2n) is 6.51. The number of nitrogens with one attached hydrogen (secondary N) is 1. The van der Waals surface area contributed by atoms with E-state index in [-0.39, 0.29) is 5.54 Å². The Balaban J connectivity index is 2.26. The third kappa shape index (κ3) is 1.67. The predicted octanol–water partition coefficient (Wildman–Crippen LogP) is 3.10. The van der Waals surface area contributed by atoms with Crippen LogP contribution < -0.4 is 5.32 Å². The van der Waals surface area contributed by atoms with Crippen LogP contribution in [0.2, 0.25) is 0 Å². The molecule has 1 aliphatic heterocycles. The van der Waals surface area contributed by atoms with Crippen LogP contribution in [0, 0.1) is 19.8 Å². The number of pyridine rings is 1. The minimum Gasteiger partial charge on any atom is -0.376 e. The predicted molar refractivity (Wildman–Crippen MR) is 81.4 cm³/mol. The lowest BCUT2D eigenvalue weighted by molar-refractivity contribution is 0.426. The third-order valence-electron chi connectivity index (χ3n) is 4.35. The molecule has 3 heterocycles. The van der Waals surface area contributed by atoms with Gasteiger partial charge in [-0.25, -0.2) is 9.50 Å². The van der Waals surface area contributed by atoms with Crippen molar-refractivity contribution in [1.29, 1.82) is 0 Å². The first kappa shape index (κ1) is 13.2. The third-order valence-corrected chi connectivity index (χ3v) is 4.35. The molecule has 0 spiro atoms. The fraction of sp³-hybridized carbons (Fsp3) is 0.500. The first-order valence-electron chi connectivity index (χ1n) is 7.15. The number of hydrogen-bond acceptors (Lipinski definition) is 3. The van der Waals surface area contributed by atoms with E-state index in [1.54, 1.807) is 6.33 Å². The van der Waals surface area contributed by atoms with Gasteiger partial charge in [0.05, 0.1) is 5.54 Å². The molecule has 106 valence electrons. The molecule has 1 N–H and O–H groups in total. The van der Waals surface area contributed by atoms with E-state index in [1.807, 2.05) is 4.52 Å². The summed E-state index contributed by atoms with van der Waals surface area (Å²) >= 11 is 0. The Morgan fingerprint density at radius 3 is 2.50 bits per heavy atom. The second-order valence-corrected chi connectivity index (χ2v) is 6.51. The van der Waals surface area contributed by atoms with E-state index in [1.165, 1.54) is 28.0 Å². The van der Waals surface area contributed by atoms with Crippen LogP contribution in [0.25, 0.3) is 11.3 Å². The maximum absolute atomic E-state index is 4.32. The number of rotatable bonds is 2. The highest BCUT2D eigenvalue weighted by Crippen LogP contribution is 2.41. The van der Waals surface area contributed by atoms with E-state index in [0.717, 1.165) is 5.65 Å². The molecule has 0 saturated heterocycles. The quantitative estimate of drug-likeness (QED) is 0.911. The molecule has 0 fully saturated rings.